The molecule has 6 rings (SSSR count). The molecule has 0 spiro atoms. The van der Waals surface area contributed by atoms with Crippen LogP contribution in [0.25, 0.3) is 0 Å². The Balaban J connectivity index is 0.975. The Hall–Kier alpha value is -2.96. The summed E-state index contributed by atoms with van der Waals surface area (Å²) < 4.78 is 4.52. The molecule has 2 aliphatic rings. The van der Waals surface area contributed by atoms with Crippen LogP contribution >= 0.6 is 21.6 Å². The maximum Gasteiger partial charge on any atom is 0.173 e. The Morgan fingerprint density at radius 2 is 0.816 bits per heavy atom. The highest BCUT2D eigenvalue weighted by Crippen LogP contribution is 2.37. The molecule has 4 nitrogen and oxygen atoms in total. The van der Waals surface area contributed by atoms with Crippen molar-refractivity contribution in [3.63, 3.8) is 0 Å². The molecule has 2 aromatic carbocycles. The van der Waals surface area contributed by atoms with E-state index in [0.29, 0.717) is 0 Å². The van der Waals surface area contributed by atoms with Gasteiger partial charge in [-0.05, 0) is 49.9 Å². The molecule has 0 bridgehead atoms. The number of hydrogen-bond donors (Lipinski definition) is 0. The summed E-state index contributed by atoms with van der Waals surface area (Å²) in [5.74, 6) is 0. The second-order valence-corrected chi connectivity index (χ2v) is 12.6. The van der Waals surface area contributed by atoms with Gasteiger partial charge in [-0.15, -0.1) is 0 Å². The number of nitrogens with zero attached hydrogens (tertiary/aromatic N) is 4. The van der Waals surface area contributed by atoms with Gasteiger partial charge >= 0.3 is 0 Å². The summed E-state index contributed by atoms with van der Waals surface area (Å²) in [6, 6.07) is 27.0. The van der Waals surface area contributed by atoms with Crippen LogP contribution in [0.2, 0.25) is 0 Å². The molecule has 2 aliphatic heterocycles. The third-order valence-corrected chi connectivity index (χ3v) is 9.92. The van der Waals surface area contributed by atoms with E-state index in [-0.39, 0.29) is 0 Å². The van der Waals surface area contributed by atoms with Gasteiger partial charge < -0.3 is 9.80 Å². The van der Waals surface area contributed by atoms with E-state index in [2.05, 4.69) is 117 Å². The fourth-order valence-corrected chi connectivity index (χ4v) is 7.23. The van der Waals surface area contributed by atoms with Crippen LogP contribution in [0.1, 0.15) is 36.8 Å². The van der Waals surface area contributed by atoms with Crippen molar-refractivity contribution in [2.24, 2.45) is 0 Å². The lowest BCUT2D eigenvalue weighted by molar-refractivity contribution is -0.688. The zero-order valence-corrected chi connectivity index (χ0v) is 23.5. The van der Waals surface area contributed by atoms with Crippen LogP contribution in [0.5, 0.6) is 0 Å². The van der Waals surface area contributed by atoms with Crippen molar-refractivity contribution < 1.29 is 9.13 Å². The van der Waals surface area contributed by atoms with Crippen molar-refractivity contribution in [2.75, 3.05) is 36.0 Å². The molecule has 4 aromatic rings. The molecule has 0 N–H and O–H groups in total. The zero-order chi connectivity index (χ0) is 25.6. The number of aromatic nitrogens is 2. The van der Waals surface area contributed by atoms with E-state index in [1.165, 1.54) is 84.2 Å². The van der Waals surface area contributed by atoms with Crippen molar-refractivity contribution in [2.45, 2.75) is 48.6 Å². The van der Waals surface area contributed by atoms with Crippen molar-refractivity contribution in [1.82, 2.24) is 0 Å². The summed E-state index contributed by atoms with van der Waals surface area (Å²) in [6.45, 7) is 6.57. The first-order valence-corrected chi connectivity index (χ1v) is 15.9. The number of benzene rings is 2. The van der Waals surface area contributed by atoms with E-state index in [4.69, 9.17) is 0 Å². The molecular weight excluding hydrogens is 505 g/mol. The summed E-state index contributed by atoms with van der Waals surface area (Å²) in [5, 5.41) is 0. The zero-order valence-electron chi connectivity index (χ0n) is 21.9. The molecular formula is C32H36N4S2+2. The molecule has 0 atom stereocenters. The minimum atomic E-state index is 0.902. The van der Waals surface area contributed by atoms with E-state index in [1.807, 2.05) is 21.6 Å². The van der Waals surface area contributed by atoms with Crippen LogP contribution in [0.3, 0.4) is 0 Å². The quantitative estimate of drug-likeness (QED) is 0.181. The predicted molar refractivity (Wildman–Crippen MR) is 159 cm³/mol. The summed E-state index contributed by atoms with van der Waals surface area (Å²) in [7, 11) is 3.64. The number of hydrogen-bond acceptors (Lipinski definition) is 4. The van der Waals surface area contributed by atoms with Gasteiger partial charge in [0, 0.05) is 82.7 Å². The number of pyridine rings is 2. The lowest BCUT2D eigenvalue weighted by atomic mass is 10.2. The van der Waals surface area contributed by atoms with Crippen LogP contribution in [0.4, 0.5) is 11.4 Å². The molecule has 194 valence electrons. The molecule has 0 aliphatic carbocycles. The van der Waals surface area contributed by atoms with Gasteiger partial charge in [0.1, 0.15) is 0 Å². The van der Waals surface area contributed by atoms with Crippen LogP contribution in [0.15, 0.2) is 107 Å². The van der Waals surface area contributed by atoms with E-state index in [0.717, 1.165) is 13.1 Å². The van der Waals surface area contributed by atoms with Gasteiger partial charge in [-0.25, -0.2) is 9.13 Å². The fourth-order valence-electron chi connectivity index (χ4n) is 5.30. The third-order valence-electron chi connectivity index (χ3n) is 7.50. The van der Waals surface area contributed by atoms with Gasteiger partial charge in [-0.3, -0.25) is 0 Å². The SMILES string of the molecule is c1cc(SSc2ccc(C[n+]3ccc(N4CCCC4)cc3)cc2)ccc1C[n+]1ccc(N2CCCC2)cc1. The van der Waals surface area contributed by atoms with E-state index in [1.54, 1.807) is 0 Å². The minimum absolute atomic E-state index is 0.902. The highest BCUT2D eigenvalue weighted by molar-refractivity contribution is 8.76. The highest BCUT2D eigenvalue weighted by Gasteiger charge is 2.15. The monoisotopic (exact) mass is 540 g/mol. The van der Waals surface area contributed by atoms with Gasteiger partial charge in [-0.2, -0.15) is 0 Å². The summed E-state index contributed by atoms with van der Waals surface area (Å²) in [5.41, 5.74) is 5.35. The smallest absolute Gasteiger partial charge is 0.173 e. The molecule has 2 aromatic heterocycles. The lowest BCUT2D eigenvalue weighted by Crippen LogP contribution is -2.33. The van der Waals surface area contributed by atoms with Crippen LogP contribution < -0.4 is 18.9 Å². The molecule has 4 heterocycles. The molecule has 6 heteroatoms. The topological polar surface area (TPSA) is 14.2 Å². The average molecular weight is 541 g/mol. The minimum Gasteiger partial charge on any atom is -0.371 e. The normalized spacial score (nSPS) is 15.4. The highest BCUT2D eigenvalue weighted by atomic mass is 33.1. The van der Waals surface area contributed by atoms with Crippen molar-refractivity contribution in [3.8, 4) is 0 Å². The molecule has 0 radical (unpaired) electrons. The number of rotatable bonds is 9. The largest absolute Gasteiger partial charge is 0.371 e. The van der Waals surface area contributed by atoms with Crippen LogP contribution in [-0.4, -0.2) is 26.2 Å². The predicted octanol–water partition coefficient (Wildman–Crippen LogP) is 6.36. The van der Waals surface area contributed by atoms with E-state index >= 15 is 0 Å². The van der Waals surface area contributed by atoms with Gasteiger partial charge in [0.15, 0.2) is 37.9 Å². The van der Waals surface area contributed by atoms with Crippen molar-refractivity contribution in [1.29, 1.82) is 0 Å². The van der Waals surface area contributed by atoms with Crippen LogP contribution in [0, 0.1) is 0 Å². The van der Waals surface area contributed by atoms with E-state index < -0.39 is 0 Å². The lowest BCUT2D eigenvalue weighted by Gasteiger charge is -2.16. The Bertz CT molecular complexity index is 1190. The Morgan fingerprint density at radius 1 is 0.474 bits per heavy atom. The maximum absolute atomic E-state index is 2.48. The molecule has 2 saturated heterocycles. The molecule has 2 fully saturated rings. The standard InChI is InChI=1S/C32H36N4S2/c1-2-18-35(17-1)29-13-21-33(22-14-29)25-27-5-9-31(10-6-27)37-38-32-11-7-28(8-12-32)26-34-23-15-30(16-24-34)36-19-3-4-20-36/h5-16,21-24H,1-4,17-20,25-26H2/q+2. The molecule has 0 unspecified atom stereocenters. The van der Waals surface area contributed by atoms with E-state index in [9.17, 15) is 0 Å². The first-order valence-electron chi connectivity index (χ1n) is 13.8. The third kappa shape index (κ3) is 6.54. The summed E-state index contributed by atoms with van der Waals surface area (Å²) >= 11 is 0. The Labute approximate surface area is 234 Å². The van der Waals surface area contributed by atoms with Crippen molar-refractivity contribution >= 4 is 33.0 Å². The summed E-state index contributed by atoms with van der Waals surface area (Å²) in [4.78, 5) is 7.53. The van der Waals surface area contributed by atoms with Gasteiger partial charge in [-0.1, -0.05) is 45.9 Å². The van der Waals surface area contributed by atoms with Gasteiger partial charge in [0.25, 0.3) is 0 Å². The number of anilines is 2. The fraction of sp³-hybridized carbons (Fsp3) is 0.312. The molecule has 0 saturated carbocycles. The average Bonchev–Trinajstić information content (AvgIpc) is 3.70. The van der Waals surface area contributed by atoms with Crippen molar-refractivity contribution in [3.05, 3.63) is 109 Å². The molecule has 0 amide bonds. The first-order chi connectivity index (χ1) is 18.8. The second kappa shape index (κ2) is 12.3. The summed E-state index contributed by atoms with van der Waals surface area (Å²) in [6.07, 6.45) is 14.1. The second-order valence-electron chi connectivity index (χ2n) is 10.3. The Morgan fingerprint density at radius 3 is 1.16 bits per heavy atom. The first kappa shape index (κ1) is 25.3. The Kier molecular flexibility index (Phi) is 8.17. The molecule has 38 heavy (non-hydrogen) atoms. The van der Waals surface area contributed by atoms with Crippen LogP contribution in [-0.2, 0) is 13.1 Å². The maximum atomic E-state index is 2.48. The van der Waals surface area contributed by atoms with Gasteiger partial charge in [0.05, 0.1) is 0 Å². The van der Waals surface area contributed by atoms with Gasteiger partial charge in [0.2, 0.25) is 0 Å².